The van der Waals surface area contributed by atoms with Crippen molar-refractivity contribution in [1.29, 1.82) is 0 Å². The van der Waals surface area contributed by atoms with Crippen LogP contribution in [0.15, 0.2) is 0 Å². The van der Waals surface area contributed by atoms with Gasteiger partial charge in [0.2, 0.25) is 5.91 Å². The Labute approximate surface area is 118 Å². The van der Waals surface area contributed by atoms with E-state index in [0.29, 0.717) is 12.3 Å². The van der Waals surface area contributed by atoms with Gasteiger partial charge in [0.25, 0.3) is 0 Å². The highest BCUT2D eigenvalue weighted by atomic mass is 35.5. The summed E-state index contributed by atoms with van der Waals surface area (Å²) >= 11 is 0. The average Bonchev–Trinajstić information content (AvgIpc) is 2.34. The zero-order chi connectivity index (χ0) is 12.7. The summed E-state index contributed by atoms with van der Waals surface area (Å²) in [5.74, 6) is 1.80. The molecular formula is C14H29ClN2O. The Balaban J connectivity index is 0.00000289. The van der Waals surface area contributed by atoms with Crippen molar-refractivity contribution in [1.82, 2.24) is 5.32 Å². The lowest BCUT2D eigenvalue weighted by Gasteiger charge is -2.27. The van der Waals surface area contributed by atoms with Gasteiger partial charge in [0.15, 0.2) is 0 Å². The van der Waals surface area contributed by atoms with Gasteiger partial charge in [0.05, 0.1) is 0 Å². The molecule has 1 rings (SSSR count). The van der Waals surface area contributed by atoms with Crippen molar-refractivity contribution in [3.05, 3.63) is 0 Å². The fourth-order valence-corrected chi connectivity index (χ4v) is 2.55. The van der Waals surface area contributed by atoms with E-state index in [1.54, 1.807) is 0 Å². The molecular weight excluding hydrogens is 248 g/mol. The summed E-state index contributed by atoms with van der Waals surface area (Å²) < 4.78 is 0. The van der Waals surface area contributed by atoms with Crippen LogP contribution in [0.5, 0.6) is 0 Å². The topological polar surface area (TPSA) is 55.1 Å². The second-order valence-corrected chi connectivity index (χ2v) is 5.62. The summed E-state index contributed by atoms with van der Waals surface area (Å²) in [7, 11) is 0. The zero-order valence-corrected chi connectivity index (χ0v) is 12.6. The third-order valence-corrected chi connectivity index (χ3v) is 3.96. The Morgan fingerprint density at radius 3 is 2.33 bits per heavy atom. The van der Waals surface area contributed by atoms with Gasteiger partial charge < -0.3 is 11.1 Å². The first-order valence-electron chi connectivity index (χ1n) is 7.14. The Kier molecular flexibility index (Phi) is 9.47. The molecule has 1 atom stereocenters. The number of nitrogens with one attached hydrogen (secondary N) is 1. The quantitative estimate of drug-likeness (QED) is 0.784. The number of rotatable bonds is 6. The third kappa shape index (κ3) is 7.22. The molecule has 1 fully saturated rings. The van der Waals surface area contributed by atoms with Gasteiger partial charge in [-0.25, -0.2) is 0 Å². The van der Waals surface area contributed by atoms with E-state index in [4.69, 9.17) is 5.73 Å². The Morgan fingerprint density at radius 2 is 1.83 bits per heavy atom. The Morgan fingerprint density at radius 1 is 1.28 bits per heavy atom. The van der Waals surface area contributed by atoms with Gasteiger partial charge in [-0.1, -0.05) is 26.2 Å². The van der Waals surface area contributed by atoms with E-state index < -0.39 is 0 Å². The van der Waals surface area contributed by atoms with E-state index in [9.17, 15) is 4.79 Å². The van der Waals surface area contributed by atoms with Gasteiger partial charge in [-0.15, -0.1) is 12.4 Å². The van der Waals surface area contributed by atoms with Gasteiger partial charge in [-0.2, -0.15) is 0 Å². The van der Waals surface area contributed by atoms with Crippen LogP contribution in [-0.2, 0) is 4.79 Å². The molecule has 3 N–H and O–H groups in total. The first-order chi connectivity index (χ1) is 8.11. The molecule has 0 aromatic carbocycles. The van der Waals surface area contributed by atoms with Crippen molar-refractivity contribution in [3.8, 4) is 0 Å². The monoisotopic (exact) mass is 276 g/mol. The normalized spacial score (nSPS) is 25.1. The summed E-state index contributed by atoms with van der Waals surface area (Å²) in [6.45, 7) is 5.09. The van der Waals surface area contributed by atoms with E-state index >= 15 is 0 Å². The second kappa shape index (κ2) is 9.62. The van der Waals surface area contributed by atoms with Gasteiger partial charge in [0, 0.05) is 19.0 Å². The summed E-state index contributed by atoms with van der Waals surface area (Å²) in [6.07, 6.45) is 7.93. The van der Waals surface area contributed by atoms with Crippen LogP contribution in [0.1, 0.15) is 58.8 Å². The minimum atomic E-state index is 0. The summed E-state index contributed by atoms with van der Waals surface area (Å²) in [5, 5.41) is 3.05. The maximum Gasteiger partial charge on any atom is 0.220 e. The standard InChI is InChI=1S/C14H28N2O.ClH/c1-3-12-5-7-13(8-6-12)10-16-14(17)9-4-11(2)15;/h11-13H,3-10,15H2,1-2H3,(H,16,17);1H. The summed E-state index contributed by atoms with van der Waals surface area (Å²) in [4.78, 5) is 11.5. The summed E-state index contributed by atoms with van der Waals surface area (Å²) in [6, 6.07) is 0.126. The molecule has 0 aromatic rings. The van der Waals surface area contributed by atoms with Crippen molar-refractivity contribution in [2.75, 3.05) is 6.54 Å². The van der Waals surface area contributed by atoms with Crippen LogP contribution in [0.3, 0.4) is 0 Å². The number of nitrogens with two attached hydrogens (primary N) is 1. The molecule has 0 heterocycles. The molecule has 1 unspecified atom stereocenters. The fraction of sp³-hybridized carbons (Fsp3) is 0.929. The molecule has 1 aliphatic carbocycles. The summed E-state index contributed by atoms with van der Waals surface area (Å²) in [5.41, 5.74) is 5.63. The fourth-order valence-electron chi connectivity index (χ4n) is 2.55. The van der Waals surface area contributed by atoms with Crippen LogP contribution in [0.4, 0.5) is 0 Å². The Bertz CT molecular complexity index is 226. The lowest BCUT2D eigenvalue weighted by Crippen LogP contribution is -2.32. The Hall–Kier alpha value is -0.280. The molecule has 1 saturated carbocycles. The molecule has 0 bridgehead atoms. The molecule has 18 heavy (non-hydrogen) atoms. The van der Waals surface area contributed by atoms with E-state index in [-0.39, 0.29) is 24.4 Å². The SMILES string of the molecule is CCC1CCC(CNC(=O)CCC(C)N)CC1.Cl. The van der Waals surface area contributed by atoms with E-state index in [1.807, 2.05) is 6.92 Å². The first kappa shape index (κ1) is 17.7. The van der Waals surface area contributed by atoms with Crippen LogP contribution in [0.25, 0.3) is 0 Å². The number of amides is 1. The van der Waals surface area contributed by atoms with Crippen LogP contribution in [-0.4, -0.2) is 18.5 Å². The molecule has 0 saturated heterocycles. The number of hydrogen-bond donors (Lipinski definition) is 2. The lowest BCUT2D eigenvalue weighted by molar-refractivity contribution is -0.121. The molecule has 3 nitrogen and oxygen atoms in total. The zero-order valence-electron chi connectivity index (χ0n) is 11.8. The minimum absolute atomic E-state index is 0. The smallest absolute Gasteiger partial charge is 0.220 e. The van der Waals surface area contributed by atoms with Crippen LogP contribution in [0.2, 0.25) is 0 Å². The van der Waals surface area contributed by atoms with Gasteiger partial charge in [-0.3, -0.25) is 4.79 Å². The highest BCUT2D eigenvalue weighted by Crippen LogP contribution is 2.30. The molecule has 0 radical (unpaired) electrons. The van der Waals surface area contributed by atoms with Crippen molar-refractivity contribution in [3.63, 3.8) is 0 Å². The molecule has 1 amide bonds. The number of halogens is 1. The van der Waals surface area contributed by atoms with Crippen molar-refractivity contribution >= 4 is 18.3 Å². The largest absolute Gasteiger partial charge is 0.356 e. The van der Waals surface area contributed by atoms with Crippen molar-refractivity contribution in [2.24, 2.45) is 17.6 Å². The van der Waals surface area contributed by atoms with Crippen LogP contribution in [0, 0.1) is 11.8 Å². The molecule has 108 valence electrons. The highest BCUT2D eigenvalue weighted by molar-refractivity contribution is 5.85. The number of carbonyl (C=O) groups is 1. The molecule has 0 aliphatic heterocycles. The van der Waals surface area contributed by atoms with Crippen LogP contribution >= 0.6 is 12.4 Å². The van der Waals surface area contributed by atoms with E-state index in [2.05, 4.69) is 12.2 Å². The van der Waals surface area contributed by atoms with E-state index in [1.165, 1.54) is 32.1 Å². The number of hydrogen-bond acceptors (Lipinski definition) is 2. The maximum atomic E-state index is 11.5. The van der Waals surface area contributed by atoms with Crippen LogP contribution < -0.4 is 11.1 Å². The van der Waals surface area contributed by atoms with Gasteiger partial charge >= 0.3 is 0 Å². The van der Waals surface area contributed by atoms with E-state index in [0.717, 1.165) is 18.9 Å². The first-order valence-corrected chi connectivity index (χ1v) is 7.14. The molecule has 4 heteroatoms. The van der Waals surface area contributed by atoms with Crippen molar-refractivity contribution in [2.45, 2.75) is 64.8 Å². The predicted molar refractivity (Wildman–Crippen MR) is 78.9 cm³/mol. The van der Waals surface area contributed by atoms with Crippen molar-refractivity contribution < 1.29 is 4.79 Å². The number of carbonyl (C=O) groups excluding carboxylic acids is 1. The molecule has 0 spiro atoms. The lowest BCUT2D eigenvalue weighted by atomic mass is 9.81. The predicted octanol–water partition coefficient (Wildman–Crippen LogP) is 2.87. The average molecular weight is 277 g/mol. The minimum Gasteiger partial charge on any atom is -0.356 e. The second-order valence-electron chi connectivity index (χ2n) is 5.62. The molecule has 1 aliphatic rings. The van der Waals surface area contributed by atoms with Gasteiger partial charge in [-0.05, 0) is 38.0 Å². The maximum absolute atomic E-state index is 11.5. The molecule has 0 aromatic heterocycles. The third-order valence-electron chi connectivity index (χ3n) is 3.96. The van der Waals surface area contributed by atoms with Gasteiger partial charge in [0.1, 0.15) is 0 Å². The highest BCUT2D eigenvalue weighted by Gasteiger charge is 2.20.